The van der Waals surface area contributed by atoms with E-state index in [9.17, 15) is 33.2 Å². The fraction of sp³-hybridized carbons (Fsp3) is 0.533. The molecule has 1 unspecified atom stereocenters. The summed E-state index contributed by atoms with van der Waals surface area (Å²) in [4.78, 5) is 98.9. The number of ketones is 1. The molecule has 4 aromatic rings. The second kappa shape index (κ2) is 30.6. The van der Waals surface area contributed by atoms with Crippen molar-refractivity contribution in [2.45, 2.75) is 103 Å². The number of amides is 5. The lowest BCUT2D eigenvalue weighted by Gasteiger charge is -2.38. The van der Waals surface area contributed by atoms with Crippen LogP contribution < -0.4 is 26.4 Å². The number of aryl methyl sites for hydroxylation is 1. The molecule has 0 aliphatic carbocycles. The van der Waals surface area contributed by atoms with Gasteiger partial charge in [-0.3, -0.25) is 33.8 Å². The van der Waals surface area contributed by atoms with Crippen LogP contribution in [0.5, 0.6) is 5.75 Å². The average molecular weight is 1190 g/mol. The molecule has 5 N–H and O–H groups in total. The molecule has 25 heteroatoms. The molecule has 0 radical (unpaired) electrons. The maximum atomic E-state index is 14.5. The summed E-state index contributed by atoms with van der Waals surface area (Å²) < 4.78 is 44.0. The number of nitrogens with zero attached hydrogens (tertiary/aromatic N) is 8. The SMILES string of the molecule is [C-]#[N+]c1nn(CCNC(=O)CCOCCOCCOCCOCCC(=O)N2CCC([C@H](NC(=O)[C@H](C)NC)C(=O)N3CCC[C@H]3C3=NC(C(=O)c4ccc(F)cc4)CS3)CC2)c2c1-c1cnc(N)c(c1)O[C@H](C)c1cc(C)ccc1C(=O)N(C)C2. The van der Waals surface area contributed by atoms with Gasteiger partial charge in [0.15, 0.2) is 17.4 Å². The van der Waals surface area contributed by atoms with Crippen LogP contribution >= 0.6 is 11.8 Å². The fourth-order valence-electron chi connectivity index (χ4n) is 10.7. The lowest BCUT2D eigenvalue weighted by atomic mass is 9.88. The van der Waals surface area contributed by atoms with Gasteiger partial charge in [-0.05, 0) is 106 Å². The Morgan fingerprint density at radius 1 is 0.929 bits per heavy atom. The predicted octanol–water partition coefficient (Wildman–Crippen LogP) is 4.93. The van der Waals surface area contributed by atoms with Crippen LogP contribution in [0.15, 0.2) is 59.7 Å². The zero-order valence-corrected chi connectivity index (χ0v) is 49.8. The van der Waals surface area contributed by atoms with Crippen LogP contribution in [0.25, 0.3) is 16.0 Å². The number of benzene rings is 2. The number of aromatic nitrogens is 3. The number of nitrogens with one attached hydrogen (secondary N) is 3. The van der Waals surface area contributed by atoms with Crippen LogP contribution in [0.3, 0.4) is 0 Å². The molecule has 2 saturated heterocycles. The topological polar surface area (TPSA) is 268 Å². The molecule has 4 aliphatic heterocycles. The summed E-state index contributed by atoms with van der Waals surface area (Å²) in [6.45, 7) is 17.6. The van der Waals surface area contributed by atoms with Crippen LogP contribution in [0.4, 0.5) is 16.0 Å². The normalized spacial score (nSPS) is 18.7. The van der Waals surface area contributed by atoms with Gasteiger partial charge in [-0.1, -0.05) is 24.3 Å². The maximum Gasteiger partial charge on any atom is 0.303 e. The zero-order valence-electron chi connectivity index (χ0n) is 48.9. The number of thioether (sulfide) groups is 1. The van der Waals surface area contributed by atoms with Gasteiger partial charge in [-0.15, -0.1) is 11.8 Å². The van der Waals surface area contributed by atoms with Crippen molar-refractivity contribution < 1.29 is 56.8 Å². The Morgan fingerprint density at radius 2 is 1.61 bits per heavy atom. The Balaban J connectivity index is 0.685. The number of hydrogen-bond acceptors (Lipinski definition) is 17. The number of ether oxygens (including phenoxy) is 5. The first-order chi connectivity index (χ1) is 41.0. The molecule has 2 aromatic heterocycles. The molecule has 2 fully saturated rings. The molecule has 5 atom stereocenters. The summed E-state index contributed by atoms with van der Waals surface area (Å²) in [5, 5.41) is 14.2. The molecule has 0 spiro atoms. The number of nitrogen functional groups attached to an aromatic ring is 1. The molecular formula is C60H77FN12O11S. The second-order valence-electron chi connectivity index (χ2n) is 21.5. The third kappa shape index (κ3) is 16.6. The number of rotatable bonds is 26. The van der Waals surface area contributed by atoms with E-state index >= 15 is 0 Å². The molecular weight excluding hydrogens is 1120 g/mol. The number of likely N-dealkylation sites (tertiary alicyclic amines) is 2. The first kappa shape index (κ1) is 63.7. The largest absolute Gasteiger partial charge is 0.482 e. The minimum atomic E-state index is -0.804. The van der Waals surface area contributed by atoms with E-state index in [1.165, 1.54) is 36.0 Å². The highest BCUT2D eigenvalue weighted by atomic mass is 32.2. The van der Waals surface area contributed by atoms with Crippen LogP contribution in [0, 0.1) is 25.2 Å². The number of aliphatic imine (C=N–C) groups is 1. The van der Waals surface area contributed by atoms with Crippen LogP contribution in [-0.4, -0.2) is 193 Å². The van der Waals surface area contributed by atoms with Gasteiger partial charge in [0, 0.05) is 73.9 Å². The molecule has 2 aromatic carbocycles. The van der Waals surface area contributed by atoms with Crippen molar-refractivity contribution in [1.82, 2.24) is 45.4 Å². The second-order valence-corrected chi connectivity index (χ2v) is 22.5. The Morgan fingerprint density at radius 3 is 2.29 bits per heavy atom. The van der Waals surface area contributed by atoms with Gasteiger partial charge >= 0.3 is 5.82 Å². The van der Waals surface area contributed by atoms with Crippen molar-refractivity contribution in [2.75, 3.05) is 105 Å². The van der Waals surface area contributed by atoms with Crippen molar-refractivity contribution >= 4 is 63.8 Å². The quantitative estimate of drug-likeness (QED) is 0.0369. The number of nitrogens with two attached hydrogens (primary N) is 1. The number of Topliss-reactive ketones (excluding diaryl/α,β-unsaturated/α-hetero) is 1. The number of piperidine rings is 1. The van der Waals surface area contributed by atoms with Gasteiger partial charge in [0.2, 0.25) is 23.6 Å². The smallest absolute Gasteiger partial charge is 0.303 e. The summed E-state index contributed by atoms with van der Waals surface area (Å²) in [6, 6.07) is 10.5. The summed E-state index contributed by atoms with van der Waals surface area (Å²) >= 11 is 1.46. The number of pyridine rings is 1. The Hall–Kier alpha value is -7.34. The van der Waals surface area contributed by atoms with E-state index < -0.39 is 30.0 Å². The molecule has 2 bridgehead atoms. The van der Waals surface area contributed by atoms with Gasteiger partial charge in [0.1, 0.15) is 24.0 Å². The van der Waals surface area contributed by atoms with E-state index in [2.05, 4.69) is 30.9 Å². The summed E-state index contributed by atoms with van der Waals surface area (Å²) in [7, 11) is 3.37. The van der Waals surface area contributed by atoms with Crippen LogP contribution in [-0.2, 0) is 51.2 Å². The Bertz CT molecular complexity index is 3090. The number of carbonyl (C=O) groups is 6. The highest BCUT2D eigenvalue weighted by Gasteiger charge is 2.43. The highest BCUT2D eigenvalue weighted by molar-refractivity contribution is 8.14. The number of carbonyl (C=O) groups excluding carboxylic acids is 6. The first-order valence-corrected chi connectivity index (χ1v) is 29.9. The molecule has 6 heterocycles. The van der Waals surface area contributed by atoms with E-state index in [-0.39, 0.29) is 111 Å². The molecule has 85 heavy (non-hydrogen) atoms. The van der Waals surface area contributed by atoms with Crippen molar-refractivity contribution in [3.05, 3.63) is 99.9 Å². The van der Waals surface area contributed by atoms with Crippen molar-refractivity contribution in [3.63, 3.8) is 0 Å². The van der Waals surface area contributed by atoms with Gasteiger partial charge < -0.3 is 64.9 Å². The molecule has 5 amide bonds. The third-order valence-electron chi connectivity index (χ3n) is 15.6. The lowest BCUT2D eigenvalue weighted by molar-refractivity contribution is -0.140. The number of hydrogen-bond donors (Lipinski definition) is 4. The molecule has 0 saturated carbocycles. The summed E-state index contributed by atoms with van der Waals surface area (Å²) in [5.74, 6) is -0.817. The van der Waals surface area contributed by atoms with Crippen molar-refractivity contribution in [3.8, 4) is 16.9 Å². The average Bonchev–Trinajstić information content (AvgIpc) is 2.54. The lowest BCUT2D eigenvalue weighted by Crippen LogP contribution is -2.58. The van der Waals surface area contributed by atoms with Crippen molar-refractivity contribution in [2.24, 2.45) is 10.9 Å². The minimum absolute atomic E-state index is 0.0568. The Labute approximate surface area is 499 Å². The standard InChI is InChI=1S/C60H77FN12O11S/c1-37-9-14-44-45(32-37)39(3)84-49-33-42(34-66-55(49)62)52-48(35-70(6)59(44)78)73(69-56(52)64-5)23-19-65-50(74)17-24-80-26-28-82-30-31-83-29-27-81-25-18-51(75)71-21-15-40(16-22-71)53(68-57(77)38(2)63-4)60(79)72-20-7-8-47(72)58-67-46(36-85-58)54(76)41-10-12-43(61)13-11-41/h9-14,32-34,38-40,46-47,53,63H,7-8,15-31,35-36H2,1-4,6H3,(H2,62,66)(H,65,74)(H,68,77)/t38-,39+,46?,47-,53-/m0/s1. The van der Waals surface area contributed by atoms with E-state index in [0.29, 0.717) is 122 Å². The van der Waals surface area contributed by atoms with Gasteiger partial charge in [0.05, 0.1) is 95.2 Å². The van der Waals surface area contributed by atoms with Gasteiger partial charge in [0.25, 0.3) is 5.91 Å². The number of anilines is 1. The number of halogens is 1. The van der Waals surface area contributed by atoms with E-state index in [4.69, 9.17) is 41.0 Å². The fourth-order valence-corrected chi connectivity index (χ4v) is 11.9. The molecule has 8 rings (SSSR count). The molecule has 456 valence electrons. The highest BCUT2D eigenvalue weighted by Crippen LogP contribution is 2.39. The van der Waals surface area contributed by atoms with Gasteiger partial charge in [-0.2, -0.15) is 4.68 Å². The molecule has 4 aliphatic rings. The molecule has 23 nitrogen and oxygen atoms in total. The van der Waals surface area contributed by atoms with E-state index in [0.717, 1.165) is 12.0 Å². The minimum Gasteiger partial charge on any atom is -0.482 e. The summed E-state index contributed by atoms with van der Waals surface area (Å²) in [5.41, 5.74) is 10.4. The first-order valence-electron chi connectivity index (χ1n) is 28.9. The van der Waals surface area contributed by atoms with E-state index in [1.807, 2.05) is 26.0 Å². The van der Waals surface area contributed by atoms with Crippen LogP contribution in [0.1, 0.15) is 96.0 Å². The monoisotopic (exact) mass is 1190 g/mol. The number of likely N-dealkylation sites (N-methyl/N-ethyl adjacent to an activating group) is 1. The van der Waals surface area contributed by atoms with E-state index in [1.54, 1.807) is 58.7 Å². The predicted molar refractivity (Wildman–Crippen MR) is 317 cm³/mol. The van der Waals surface area contributed by atoms with Gasteiger partial charge in [-0.25, -0.2) is 9.37 Å². The zero-order chi connectivity index (χ0) is 60.6. The maximum absolute atomic E-state index is 14.5. The Kier molecular flexibility index (Phi) is 23.0. The van der Waals surface area contributed by atoms with Crippen LogP contribution in [0.2, 0.25) is 0 Å². The number of fused-ring (bicyclic) bond motifs is 5. The third-order valence-corrected chi connectivity index (χ3v) is 16.8. The summed E-state index contributed by atoms with van der Waals surface area (Å²) in [6.07, 6.45) is 3.80. The van der Waals surface area contributed by atoms with Crippen molar-refractivity contribution in [1.29, 1.82) is 0 Å².